The number of hydrogen-bond acceptors (Lipinski definition) is 1. The molecule has 0 aliphatic heterocycles. The normalized spacial score (nSPS) is 26.1. The van der Waals surface area contributed by atoms with Crippen LogP contribution in [0.15, 0.2) is 115 Å². The molecule has 0 N–H and O–H groups in total. The molecule has 5 saturated carbocycles. The number of nitrogens with zero attached hydrogens (tertiary/aromatic N) is 1. The lowest BCUT2D eigenvalue weighted by molar-refractivity contribution is -0.00518. The number of anilines is 3. The Morgan fingerprint density at radius 1 is 0.520 bits per heavy atom. The van der Waals surface area contributed by atoms with Crippen LogP contribution in [0.4, 0.5) is 17.1 Å². The lowest BCUT2D eigenvalue weighted by atomic mass is 9.48. The molecule has 0 amide bonds. The van der Waals surface area contributed by atoms with E-state index in [1.54, 1.807) is 11.1 Å². The van der Waals surface area contributed by atoms with Crippen LogP contribution in [0, 0.1) is 17.8 Å². The van der Waals surface area contributed by atoms with Crippen molar-refractivity contribution in [3.8, 4) is 22.3 Å². The van der Waals surface area contributed by atoms with E-state index < -0.39 is 0 Å². The van der Waals surface area contributed by atoms with Crippen LogP contribution < -0.4 is 4.90 Å². The van der Waals surface area contributed by atoms with Gasteiger partial charge in [0.15, 0.2) is 0 Å². The standard InChI is InChI=1S/C49H51N/c1-48(2)46-28-39(37-11-7-4-8-12-37)15-23-44(46)45-24-22-43(29-47(45)48)50(41-18-13-38(14-19-41)36-9-5-3-6-10-36)42-20-16-40(17-21-42)49-30-33-25-34(31-49)27-35(26-33)32-49/h3,5-6,9-10,13-24,28-29,33-35,37H,4,7-8,11-12,25-27,30-32H2,1-2H3. The molecule has 0 atom stereocenters. The Morgan fingerprint density at radius 3 is 1.70 bits per heavy atom. The Labute approximate surface area is 299 Å². The van der Waals surface area contributed by atoms with Gasteiger partial charge in [0.25, 0.3) is 0 Å². The Hall–Kier alpha value is -4.10. The fourth-order valence-electron chi connectivity index (χ4n) is 11.9. The van der Waals surface area contributed by atoms with Crippen molar-refractivity contribution in [2.75, 3.05) is 4.90 Å². The average Bonchev–Trinajstić information content (AvgIpc) is 3.37. The topological polar surface area (TPSA) is 3.24 Å². The first-order valence-electron chi connectivity index (χ1n) is 19.8. The fourth-order valence-corrected chi connectivity index (χ4v) is 11.9. The predicted octanol–water partition coefficient (Wildman–Crippen LogP) is 13.6. The second kappa shape index (κ2) is 11.7. The van der Waals surface area contributed by atoms with E-state index >= 15 is 0 Å². The van der Waals surface area contributed by atoms with Crippen molar-refractivity contribution in [1.82, 2.24) is 0 Å². The first-order chi connectivity index (χ1) is 24.4. The molecule has 252 valence electrons. The van der Waals surface area contributed by atoms with Crippen molar-refractivity contribution in [2.45, 2.75) is 101 Å². The summed E-state index contributed by atoms with van der Waals surface area (Å²) >= 11 is 0. The van der Waals surface area contributed by atoms with Gasteiger partial charge in [-0.2, -0.15) is 0 Å². The zero-order valence-corrected chi connectivity index (χ0v) is 30.0. The number of hydrogen-bond donors (Lipinski definition) is 0. The Morgan fingerprint density at radius 2 is 1.06 bits per heavy atom. The molecule has 50 heavy (non-hydrogen) atoms. The van der Waals surface area contributed by atoms with Crippen LogP contribution >= 0.6 is 0 Å². The summed E-state index contributed by atoms with van der Waals surface area (Å²) in [5.74, 6) is 3.59. The Kier molecular flexibility index (Phi) is 7.20. The van der Waals surface area contributed by atoms with Gasteiger partial charge in [-0.1, -0.05) is 112 Å². The van der Waals surface area contributed by atoms with Crippen LogP contribution in [0.25, 0.3) is 22.3 Å². The van der Waals surface area contributed by atoms with Crippen LogP contribution in [-0.2, 0) is 10.8 Å². The monoisotopic (exact) mass is 653 g/mol. The number of fused-ring (bicyclic) bond motifs is 3. The quantitative estimate of drug-likeness (QED) is 0.176. The summed E-state index contributed by atoms with van der Waals surface area (Å²) in [4.78, 5) is 2.51. The highest BCUT2D eigenvalue weighted by molar-refractivity contribution is 5.86. The van der Waals surface area contributed by atoms with Crippen molar-refractivity contribution < 1.29 is 0 Å². The second-order valence-electron chi connectivity index (χ2n) is 17.5. The van der Waals surface area contributed by atoms with E-state index in [9.17, 15) is 0 Å². The summed E-state index contributed by atoms with van der Waals surface area (Å²) in [5, 5.41) is 0. The third-order valence-corrected chi connectivity index (χ3v) is 14.0. The van der Waals surface area contributed by atoms with Crippen LogP contribution in [0.2, 0.25) is 0 Å². The molecule has 1 heteroatoms. The van der Waals surface area contributed by atoms with Crippen molar-refractivity contribution >= 4 is 17.1 Å². The maximum atomic E-state index is 2.58. The smallest absolute Gasteiger partial charge is 0.0465 e. The van der Waals surface area contributed by atoms with E-state index in [0.717, 1.165) is 23.7 Å². The molecule has 1 nitrogen and oxygen atoms in total. The number of benzene rings is 5. The zero-order chi connectivity index (χ0) is 33.5. The molecule has 0 saturated heterocycles. The van der Waals surface area contributed by atoms with Gasteiger partial charge in [-0.3, -0.25) is 0 Å². The number of rotatable bonds is 6. The summed E-state index contributed by atoms with van der Waals surface area (Å²) in [7, 11) is 0. The molecular formula is C49H51N. The Bertz CT molecular complexity index is 1990. The molecule has 0 unspecified atom stereocenters. The Balaban J connectivity index is 1.04. The first-order valence-corrected chi connectivity index (χ1v) is 19.8. The van der Waals surface area contributed by atoms with E-state index in [2.05, 4.69) is 134 Å². The van der Waals surface area contributed by atoms with E-state index in [-0.39, 0.29) is 5.41 Å². The molecule has 0 radical (unpaired) electrons. The molecule has 0 heterocycles. The van der Waals surface area contributed by atoms with Gasteiger partial charge >= 0.3 is 0 Å². The van der Waals surface area contributed by atoms with Gasteiger partial charge in [-0.15, -0.1) is 0 Å². The third-order valence-electron chi connectivity index (χ3n) is 14.0. The molecule has 5 aromatic rings. The van der Waals surface area contributed by atoms with Crippen molar-refractivity contribution in [2.24, 2.45) is 17.8 Å². The van der Waals surface area contributed by atoms with Gasteiger partial charge in [0.2, 0.25) is 0 Å². The molecule has 4 bridgehead atoms. The maximum Gasteiger partial charge on any atom is 0.0465 e. The minimum absolute atomic E-state index is 0.0451. The van der Waals surface area contributed by atoms with Crippen molar-refractivity contribution in [3.05, 3.63) is 138 Å². The molecule has 0 aromatic heterocycles. The highest BCUT2D eigenvalue weighted by Crippen LogP contribution is 2.61. The highest BCUT2D eigenvalue weighted by Gasteiger charge is 2.51. The van der Waals surface area contributed by atoms with E-state index in [1.165, 1.54) is 121 Å². The van der Waals surface area contributed by atoms with Crippen LogP contribution in [0.5, 0.6) is 0 Å². The van der Waals surface area contributed by atoms with Crippen LogP contribution in [0.3, 0.4) is 0 Å². The van der Waals surface area contributed by atoms with Crippen molar-refractivity contribution in [3.63, 3.8) is 0 Å². The minimum atomic E-state index is -0.0451. The summed E-state index contributed by atoms with van der Waals surface area (Å²) in [5.41, 5.74) is 15.5. The van der Waals surface area contributed by atoms with Gasteiger partial charge in [-0.05, 0) is 161 Å². The van der Waals surface area contributed by atoms with E-state index in [1.807, 2.05) is 0 Å². The summed E-state index contributed by atoms with van der Waals surface area (Å²) in [6.45, 7) is 4.90. The SMILES string of the molecule is CC1(C)c2cc(C3CCCCC3)ccc2-c2ccc(N(c3ccc(-c4ccccc4)cc3)c3ccc(C45CC6CC(CC(C6)C4)C5)cc3)cc21. The van der Waals surface area contributed by atoms with Gasteiger partial charge in [-0.25, -0.2) is 0 Å². The highest BCUT2D eigenvalue weighted by atomic mass is 15.1. The van der Waals surface area contributed by atoms with Crippen molar-refractivity contribution in [1.29, 1.82) is 0 Å². The van der Waals surface area contributed by atoms with Crippen LogP contribution in [0.1, 0.15) is 113 Å². The molecule has 5 aromatic carbocycles. The lowest BCUT2D eigenvalue weighted by Gasteiger charge is -2.57. The summed E-state index contributed by atoms with van der Waals surface area (Å²) < 4.78 is 0. The zero-order valence-electron chi connectivity index (χ0n) is 30.0. The summed E-state index contributed by atoms with van der Waals surface area (Å²) in [6, 6.07) is 44.6. The molecule has 0 spiro atoms. The van der Waals surface area contributed by atoms with E-state index in [0.29, 0.717) is 5.41 Å². The largest absolute Gasteiger partial charge is 0.310 e. The molecule has 11 rings (SSSR count). The van der Waals surface area contributed by atoms with Gasteiger partial charge < -0.3 is 4.90 Å². The van der Waals surface area contributed by atoms with Gasteiger partial charge in [0.1, 0.15) is 0 Å². The summed E-state index contributed by atoms with van der Waals surface area (Å²) in [6.07, 6.45) is 15.5. The van der Waals surface area contributed by atoms with Gasteiger partial charge in [0, 0.05) is 22.5 Å². The molecule has 6 aliphatic carbocycles. The average molecular weight is 654 g/mol. The molecular weight excluding hydrogens is 603 g/mol. The third kappa shape index (κ3) is 5.02. The molecule has 5 fully saturated rings. The second-order valence-corrected chi connectivity index (χ2v) is 17.5. The van der Waals surface area contributed by atoms with Gasteiger partial charge in [0.05, 0.1) is 0 Å². The lowest BCUT2D eigenvalue weighted by Crippen LogP contribution is -2.48. The fraction of sp³-hybridized carbons (Fsp3) is 0.388. The molecule has 6 aliphatic rings. The van der Waals surface area contributed by atoms with E-state index in [4.69, 9.17) is 0 Å². The minimum Gasteiger partial charge on any atom is -0.310 e. The van der Waals surface area contributed by atoms with Crippen LogP contribution in [-0.4, -0.2) is 0 Å². The maximum absolute atomic E-state index is 2.58. The predicted molar refractivity (Wildman–Crippen MR) is 210 cm³/mol. The first kappa shape index (κ1) is 30.7.